The molecule has 0 saturated carbocycles. The molecular formula is C15H19ClN2OS. The first-order chi connectivity index (χ1) is 9.67. The number of rotatable bonds is 6. The van der Waals surface area contributed by atoms with Gasteiger partial charge >= 0.3 is 0 Å². The number of hydrogen-bond acceptors (Lipinski definition) is 4. The van der Waals surface area contributed by atoms with Crippen LogP contribution in [-0.4, -0.2) is 18.6 Å². The molecule has 1 N–H and O–H groups in total. The van der Waals surface area contributed by atoms with Gasteiger partial charge in [0.25, 0.3) is 0 Å². The summed E-state index contributed by atoms with van der Waals surface area (Å²) in [7, 11) is 1.67. The number of nitrogens with one attached hydrogen (secondary N) is 1. The van der Waals surface area contributed by atoms with Crippen molar-refractivity contribution in [1.29, 1.82) is 0 Å². The second-order valence-electron chi connectivity index (χ2n) is 4.57. The maximum Gasteiger partial charge on any atom is 0.125 e. The minimum atomic E-state index is -0.0303. The van der Waals surface area contributed by atoms with Gasteiger partial charge in [-0.05, 0) is 32.0 Å². The Morgan fingerprint density at radius 2 is 2.25 bits per heavy atom. The summed E-state index contributed by atoms with van der Waals surface area (Å²) in [4.78, 5) is 4.60. The third-order valence-electron chi connectivity index (χ3n) is 3.00. The summed E-state index contributed by atoms with van der Waals surface area (Å²) in [6.07, 6.45) is 1.05. The predicted octanol–water partition coefficient (Wildman–Crippen LogP) is 4.20. The van der Waals surface area contributed by atoms with E-state index < -0.39 is 0 Å². The largest absolute Gasteiger partial charge is 0.496 e. The van der Waals surface area contributed by atoms with Crippen molar-refractivity contribution >= 4 is 22.9 Å². The lowest BCUT2D eigenvalue weighted by molar-refractivity contribution is 0.404. The molecule has 5 heteroatoms. The molecular weight excluding hydrogens is 292 g/mol. The molecule has 0 bridgehead atoms. The molecule has 0 saturated heterocycles. The van der Waals surface area contributed by atoms with Crippen LogP contribution in [0, 0.1) is 6.92 Å². The number of benzene rings is 1. The molecule has 1 atom stereocenters. The monoisotopic (exact) mass is 310 g/mol. The lowest BCUT2D eigenvalue weighted by atomic mass is 10.1. The SMILES string of the molecule is CCCNC(c1nc(C)cs1)c1c(Cl)cccc1OC. The molecule has 0 aliphatic carbocycles. The van der Waals surface area contributed by atoms with Gasteiger partial charge in [0.05, 0.1) is 13.2 Å². The van der Waals surface area contributed by atoms with E-state index in [4.69, 9.17) is 16.3 Å². The maximum absolute atomic E-state index is 6.40. The highest BCUT2D eigenvalue weighted by molar-refractivity contribution is 7.09. The number of ether oxygens (including phenoxy) is 1. The van der Waals surface area contributed by atoms with Crippen molar-refractivity contribution in [2.24, 2.45) is 0 Å². The van der Waals surface area contributed by atoms with Crippen LogP contribution < -0.4 is 10.1 Å². The highest BCUT2D eigenvalue weighted by Crippen LogP contribution is 2.36. The summed E-state index contributed by atoms with van der Waals surface area (Å²) in [6.45, 7) is 5.04. The Morgan fingerprint density at radius 3 is 2.85 bits per heavy atom. The van der Waals surface area contributed by atoms with Gasteiger partial charge in [-0.25, -0.2) is 4.98 Å². The first kappa shape index (κ1) is 15.3. The van der Waals surface area contributed by atoms with E-state index in [9.17, 15) is 0 Å². The molecule has 3 nitrogen and oxygen atoms in total. The molecule has 1 aromatic heterocycles. The third-order valence-corrected chi connectivity index (χ3v) is 4.36. The lowest BCUT2D eigenvalue weighted by Gasteiger charge is -2.20. The second-order valence-corrected chi connectivity index (χ2v) is 5.87. The minimum absolute atomic E-state index is 0.0303. The van der Waals surface area contributed by atoms with E-state index in [0.29, 0.717) is 5.02 Å². The topological polar surface area (TPSA) is 34.2 Å². The number of halogens is 1. The quantitative estimate of drug-likeness (QED) is 0.868. The van der Waals surface area contributed by atoms with Gasteiger partial charge in [-0.3, -0.25) is 0 Å². The van der Waals surface area contributed by atoms with Gasteiger partial charge in [0, 0.05) is 21.7 Å². The van der Waals surface area contributed by atoms with E-state index in [1.165, 1.54) is 0 Å². The first-order valence-corrected chi connectivity index (χ1v) is 7.91. The number of hydrogen-bond donors (Lipinski definition) is 1. The highest BCUT2D eigenvalue weighted by atomic mass is 35.5. The van der Waals surface area contributed by atoms with Crippen LogP contribution in [0.5, 0.6) is 5.75 Å². The van der Waals surface area contributed by atoms with Crippen LogP contribution in [0.2, 0.25) is 5.02 Å². The summed E-state index contributed by atoms with van der Waals surface area (Å²) in [5.74, 6) is 0.791. The molecule has 0 amide bonds. The normalized spacial score (nSPS) is 12.4. The van der Waals surface area contributed by atoms with Crippen LogP contribution in [0.15, 0.2) is 23.6 Å². The number of aromatic nitrogens is 1. The molecule has 108 valence electrons. The van der Waals surface area contributed by atoms with Gasteiger partial charge in [-0.1, -0.05) is 24.6 Å². The number of thiazole rings is 1. The van der Waals surface area contributed by atoms with Crippen molar-refractivity contribution < 1.29 is 4.74 Å². The molecule has 0 radical (unpaired) electrons. The van der Waals surface area contributed by atoms with Crippen LogP contribution >= 0.6 is 22.9 Å². The van der Waals surface area contributed by atoms with E-state index in [0.717, 1.165) is 35.0 Å². The van der Waals surface area contributed by atoms with Crippen LogP contribution in [-0.2, 0) is 0 Å². The Kier molecular flexibility index (Phi) is 5.40. The molecule has 0 aliphatic rings. The van der Waals surface area contributed by atoms with Crippen molar-refractivity contribution in [2.45, 2.75) is 26.3 Å². The summed E-state index contributed by atoms with van der Waals surface area (Å²) >= 11 is 8.04. The van der Waals surface area contributed by atoms with E-state index in [1.54, 1.807) is 18.4 Å². The Hall–Kier alpha value is -1.10. The number of nitrogens with zero attached hydrogens (tertiary/aromatic N) is 1. The minimum Gasteiger partial charge on any atom is -0.496 e. The van der Waals surface area contributed by atoms with Crippen LogP contribution in [0.3, 0.4) is 0 Å². The summed E-state index contributed by atoms with van der Waals surface area (Å²) in [6, 6.07) is 5.69. The predicted molar refractivity (Wildman–Crippen MR) is 85.0 cm³/mol. The zero-order valence-corrected chi connectivity index (χ0v) is 13.5. The third kappa shape index (κ3) is 3.32. The van der Waals surface area contributed by atoms with Crippen molar-refractivity contribution in [3.63, 3.8) is 0 Å². The van der Waals surface area contributed by atoms with Crippen molar-refractivity contribution in [3.05, 3.63) is 44.9 Å². The average Bonchev–Trinajstić information content (AvgIpc) is 2.87. The molecule has 1 unspecified atom stereocenters. The maximum atomic E-state index is 6.40. The van der Waals surface area contributed by atoms with Gasteiger partial charge in [-0.15, -0.1) is 11.3 Å². The van der Waals surface area contributed by atoms with Crippen LogP contribution in [0.1, 0.15) is 35.7 Å². The molecule has 20 heavy (non-hydrogen) atoms. The zero-order chi connectivity index (χ0) is 14.5. The highest BCUT2D eigenvalue weighted by Gasteiger charge is 2.23. The Bertz CT molecular complexity index is 571. The zero-order valence-electron chi connectivity index (χ0n) is 11.9. The Labute approximate surface area is 129 Å². The molecule has 1 heterocycles. The van der Waals surface area contributed by atoms with Crippen LogP contribution in [0.25, 0.3) is 0 Å². The number of methoxy groups -OCH3 is 1. The lowest BCUT2D eigenvalue weighted by Crippen LogP contribution is -2.24. The van der Waals surface area contributed by atoms with Crippen molar-refractivity contribution in [1.82, 2.24) is 10.3 Å². The Balaban J connectivity index is 2.46. The summed E-state index contributed by atoms with van der Waals surface area (Å²) in [5, 5.41) is 7.29. The van der Waals surface area contributed by atoms with Gasteiger partial charge in [0.15, 0.2) is 0 Å². The molecule has 2 aromatic rings. The first-order valence-electron chi connectivity index (χ1n) is 6.65. The molecule has 0 spiro atoms. The standard InChI is InChI=1S/C15H19ClN2OS/c1-4-8-17-14(15-18-10(2)9-20-15)13-11(16)6-5-7-12(13)19-3/h5-7,9,14,17H,4,8H2,1-3H3. The second kappa shape index (κ2) is 7.07. The smallest absolute Gasteiger partial charge is 0.125 e. The van der Waals surface area contributed by atoms with E-state index in [1.807, 2.05) is 25.1 Å². The summed E-state index contributed by atoms with van der Waals surface area (Å²) < 4.78 is 5.47. The van der Waals surface area contributed by atoms with E-state index >= 15 is 0 Å². The van der Waals surface area contributed by atoms with Crippen LogP contribution in [0.4, 0.5) is 0 Å². The van der Waals surface area contributed by atoms with Gasteiger partial charge < -0.3 is 10.1 Å². The molecule has 0 aliphatic heterocycles. The molecule has 1 aromatic carbocycles. The molecule has 0 fully saturated rings. The van der Waals surface area contributed by atoms with Crippen molar-refractivity contribution in [2.75, 3.05) is 13.7 Å². The van der Waals surface area contributed by atoms with Gasteiger partial charge in [0.1, 0.15) is 10.8 Å². The fourth-order valence-electron chi connectivity index (χ4n) is 2.08. The average molecular weight is 311 g/mol. The van der Waals surface area contributed by atoms with Crippen molar-refractivity contribution in [3.8, 4) is 5.75 Å². The fourth-order valence-corrected chi connectivity index (χ4v) is 3.23. The van der Waals surface area contributed by atoms with Gasteiger partial charge in [-0.2, -0.15) is 0 Å². The van der Waals surface area contributed by atoms with E-state index in [-0.39, 0.29) is 6.04 Å². The molecule has 2 rings (SSSR count). The Morgan fingerprint density at radius 1 is 1.45 bits per heavy atom. The fraction of sp³-hybridized carbons (Fsp3) is 0.400. The number of aryl methyl sites for hydroxylation is 1. The van der Waals surface area contributed by atoms with Gasteiger partial charge in [0.2, 0.25) is 0 Å². The van der Waals surface area contributed by atoms with E-state index in [2.05, 4.69) is 22.6 Å². The summed E-state index contributed by atoms with van der Waals surface area (Å²) in [5.41, 5.74) is 1.98.